The molecule has 0 unspecified atom stereocenters. The van der Waals surface area contributed by atoms with Crippen LogP contribution in [0.4, 0.5) is 0 Å². The molecule has 8 heteroatoms. The normalized spacial score (nSPS) is 11.9. The molecule has 0 fully saturated rings. The lowest BCUT2D eigenvalue weighted by Crippen LogP contribution is -2.20. The highest BCUT2D eigenvalue weighted by Crippen LogP contribution is 2.13. The van der Waals surface area contributed by atoms with Gasteiger partial charge in [0.1, 0.15) is 0 Å². The fourth-order valence-corrected chi connectivity index (χ4v) is 3.53. The minimum atomic E-state index is -0.110. The number of carbonyl (C=O) groups is 2. The maximum Gasteiger partial charge on any atom is 0.240 e. The molecule has 0 aliphatic carbocycles. The van der Waals surface area contributed by atoms with Gasteiger partial charge in [0.15, 0.2) is 0 Å². The number of carbonyl (C=O) groups excluding carboxylic acids is 2. The third kappa shape index (κ3) is 10.1. The summed E-state index contributed by atoms with van der Waals surface area (Å²) in [4.78, 5) is 24.2. The Balaban J connectivity index is 1.63. The largest absolute Gasteiger partial charge is 0.273 e. The van der Waals surface area contributed by atoms with Gasteiger partial charge in [0.2, 0.25) is 11.8 Å². The molecular formula is C26H32Cl2N4O2. The van der Waals surface area contributed by atoms with Crippen molar-refractivity contribution in [3.63, 3.8) is 0 Å². The molecule has 0 aromatic heterocycles. The summed E-state index contributed by atoms with van der Waals surface area (Å²) in [6, 6.07) is 14.8. The van der Waals surface area contributed by atoms with E-state index in [4.69, 9.17) is 23.2 Å². The highest BCUT2D eigenvalue weighted by Gasteiger charge is 2.06. The summed E-state index contributed by atoms with van der Waals surface area (Å²) in [5.74, 6) is -0.220. The van der Waals surface area contributed by atoms with Gasteiger partial charge < -0.3 is 0 Å². The van der Waals surface area contributed by atoms with E-state index in [0.717, 1.165) is 48.2 Å². The van der Waals surface area contributed by atoms with Crippen LogP contribution in [0.1, 0.15) is 76.3 Å². The zero-order valence-corrected chi connectivity index (χ0v) is 21.3. The van der Waals surface area contributed by atoms with Gasteiger partial charge in [0.05, 0.1) is 11.4 Å². The second-order valence-electron chi connectivity index (χ2n) is 7.82. The molecule has 0 aliphatic heterocycles. The average molecular weight is 503 g/mol. The van der Waals surface area contributed by atoms with E-state index >= 15 is 0 Å². The van der Waals surface area contributed by atoms with Crippen molar-refractivity contribution in [1.82, 2.24) is 10.9 Å². The highest BCUT2D eigenvalue weighted by atomic mass is 35.5. The van der Waals surface area contributed by atoms with E-state index in [1.807, 2.05) is 38.1 Å². The maximum atomic E-state index is 12.1. The standard InChI is InChI=1S/C26H32Cl2N4O2/c1-3-23(19-11-15-21(27)16-12-19)29-31-25(33)9-7-5-6-8-10-26(34)32-30-24(4-2)20-13-17-22(28)18-14-20/h11-18H,3-10H2,1-2H3,(H,31,33)(H,32,34). The molecule has 6 nitrogen and oxygen atoms in total. The molecule has 2 aromatic rings. The molecule has 0 bridgehead atoms. The SMILES string of the molecule is CCC(=NNC(=O)CCCCCCC(=O)NN=C(CC)c1ccc(Cl)cc1)c1ccc(Cl)cc1. The predicted molar refractivity (Wildman–Crippen MR) is 141 cm³/mol. The Morgan fingerprint density at radius 1 is 0.647 bits per heavy atom. The smallest absolute Gasteiger partial charge is 0.240 e. The number of unbranched alkanes of at least 4 members (excludes halogenated alkanes) is 3. The van der Waals surface area contributed by atoms with Crippen LogP contribution >= 0.6 is 23.2 Å². The first kappa shape index (κ1) is 27.5. The monoisotopic (exact) mass is 502 g/mol. The molecule has 0 spiro atoms. The summed E-state index contributed by atoms with van der Waals surface area (Å²) in [6.45, 7) is 3.98. The molecule has 0 heterocycles. The second kappa shape index (κ2) is 15.3. The van der Waals surface area contributed by atoms with Gasteiger partial charge >= 0.3 is 0 Å². The van der Waals surface area contributed by atoms with E-state index in [0.29, 0.717) is 35.7 Å². The number of hydrazone groups is 2. The molecule has 2 aromatic carbocycles. The van der Waals surface area contributed by atoms with E-state index < -0.39 is 0 Å². The first-order chi connectivity index (χ1) is 16.4. The van der Waals surface area contributed by atoms with Crippen LogP contribution in [0.25, 0.3) is 0 Å². The number of hydrogen-bond acceptors (Lipinski definition) is 4. The quantitative estimate of drug-likeness (QED) is 0.186. The van der Waals surface area contributed by atoms with Crippen LogP contribution in [0.5, 0.6) is 0 Å². The molecule has 0 saturated carbocycles. The van der Waals surface area contributed by atoms with Gasteiger partial charge in [-0.15, -0.1) is 0 Å². The number of nitrogens with zero attached hydrogens (tertiary/aromatic N) is 2. The minimum absolute atomic E-state index is 0.110. The van der Waals surface area contributed by atoms with Gasteiger partial charge in [-0.2, -0.15) is 10.2 Å². The maximum absolute atomic E-state index is 12.1. The van der Waals surface area contributed by atoms with Crippen LogP contribution in [0.2, 0.25) is 10.0 Å². The average Bonchev–Trinajstić information content (AvgIpc) is 2.84. The number of halogens is 2. The Labute approximate surface area is 211 Å². The lowest BCUT2D eigenvalue weighted by atomic mass is 10.1. The number of benzene rings is 2. The summed E-state index contributed by atoms with van der Waals surface area (Å²) in [7, 11) is 0. The Morgan fingerprint density at radius 3 is 1.32 bits per heavy atom. The van der Waals surface area contributed by atoms with Gasteiger partial charge in [-0.25, -0.2) is 10.9 Å². The van der Waals surface area contributed by atoms with Crippen LogP contribution in [0.3, 0.4) is 0 Å². The minimum Gasteiger partial charge on any atom is -0.273 e. The van der Waals surface area contributed by atoms with Crippen LogP contribution in [0, 0.1) is 0 Å². The molecular weight excluding hydrogens is 471 g/mol. The van der Waals surface area contributed by atoms with Crippen LogP contribution in [-0.2, 0) is 9.59 Å². The fourth-order valence-electron chi connectivity index (χ4n) is 3.28. The van der Waals surface area contributed by atoms with Crippen molar-refractivity contribution < 1.29 is 9.59 Å². The van der Waals surface area contributed by atoms with Crippen molar-refractivity contribution >= 4 is 46.4 Å². The number of rotatable bonds is 13. The van der Waals surface area contributed by atoms with E-state index in [-0.39, 0.29) is 11.8 Å². The molecule has 2 rings (SSSR count). The van der Waals surface area contributed by atoms with Gasteiger partial charge in [-0.05, 0) is 61.1 Å². The summed E-state index contributed by atoms with van der Waals surface area (Å²) >= 11 is 11.8. The van der Waals surface area contributed by atoms with Crippen LogP contribution in [0.15, 0.2) is 58.7 Å². The lowest BCUT2D eigenvalue weighted by Gasteiger charge is -2.06. The van der Waals surface area contributed by atoms with Gasteiger partial charge in [-0.1, -0.05) is 74.2 Å². The topological polar surface area (TPSA) is 82.9 Å². The van der Waals surface area contributed by atoms with E-state index in [1.54, 1.807) is 24.3 Å². The van der Waals surface area contributed by atoms with Crippen LogP contribution < -0.4 is 10.9 Å². The third-order valence-corrected chi connectivity index (χ3v) is 5.72. The molecule has 0 saturated heterocycles. The Bertz CT molecular complexity index is 905. The lowest BCUT2D eigenvalue weighted by molar-refractivity contribution is -0.122. The fraction of sp³-hybridized carbons (Fsp3) is 0.385. The molecule has 182 valence electrons. The van der Waals surface area contributed by atoms with Crippen molar-refractivity contribution in [2.24, 2.45) is 10.2 Å². The molecule has 2 N–H and O–H groups in total. The van der Waals surface area contributed by atoms with Crippen molar-refractivity contribution in [2.75, 3.05) is 0 Å². The Morgan fingerprint density at radius 2 is 1.00 bits per heavy atom. The van der Waals surface area contributed by atoms with Crippen molar-refractivity contribution in [3.8, 4) is 0 Å². The summed E-state index contributed by atoms with van der Waals surface area (Å²) < 4.78 is 0. The van der Waals surface area contributed by atoms with Crippen molar-refractivity contribution in [2.45, 2.75) is 65.2 Å². The summed E-state index contributed by atoms with van der Waals surface area (Å²) in [5.41, 5.74) is 8.76. The van der Waals surface area contributed by atoms with Gasteiger partial charge in [0.25, 0.3) is 0 Å². The molecule has 2 amide bonds. The number of nitrogens with one attached hydrogen (secondary N) is 2. The van der Waals surface area contributed by atoms with E-state index in [2.05, 4.69) is 21.1 Å². The van der Waals surface area contributed by atoms with E-state index in [9.17, 15) is 9.59 Å². The molecule has 0 radical (unpaired) electrons. The number of amides is 2. The molecule has 0 aliphatic rings. The zero-order chi connectivity index (χ0) is 24.8. The Kier molecular flexibility index (Phi) is 12.4. The third-order valence-electron chi connectivity index (χ3n) is 5.21. The second-order valence-corrected chi connectivity index (χ2v) is 8.69. The van der Waals surface area contributed by atoms with Crippen molar-refractivity contribution in [1.29, 1.82) is 0 Å². The Hall–Kier alpha value is -2.70. The summed E-state index contributed by atoms with van der Waals surface area (Å²) in [6.07, 6.45) is 5.45. The van der Waals surface area contributed by atoms with Gasteiger partial charge in [-0.3, -0.25) is 9.59 Å². The number of hydrogen-bond donors (Lipinski definition) is 2. The first-order valence-corrected chi connectivity index (χ1v) is 12.4. The predicted octanol–water partition coefficient (Wildman–Crippen LogP) is 6.49. The summed E-state index contributed by atoms with van der Waals surface area (Å²) in [5, 5.41) is 9.83. The van der Waals surface area contributed by atoms with Gasteiger partial charge in [0, 0.05) is 22.9 Å². The molecule has 0 atom stereocenters. The van der Waals surface area contributed by atoms with Crippen molar-refractivity contribution in [3.05, 3.63) is 69.7 Å². The highest BCUT2D eigenvalue weighted by molar-refractivity contribution is 6.31. The zero-order valence-electron chi connectivity index (χ0n) is 19.7. The first-order valence-electron chi connectivity index (χ1n) is 11.7. The van der Waals surface area contributed by atoms with Crippen LogP contribution in [-0.4, -0.2) is 23.2 Å². The van der Waals surface area contributed by atoms with E-state index in [1.165, 1.54) is 0 Å². The molecule has 34 heavy (non-hydrogen) atoms.